The molecule has 3 heterocycles. The van der Waals surface area contributed by atoms with Crippen LogP contribution in [0.5, 0.6) is 34.5 Å². The van der Waals surface area contributed by atoms with Crippen molar-refractivity contribution in [2.24, 2.45) is 0 Å². The van der Waals surface area contributed by atoms with Gasteiger partial charge in [0.05, 0.1) is 0 Å². The van der Waals surface area contributed by atoms with Crippen LogP contribution in [0.3, 0.4) is 0 Å². The second-order valence-corrected chi connectivity index (χ2v) is 48.4. The number of phosphoric acid groups is 3. The maximum atomic E-state index is 13.6. The zero-order valence-electron chi connectivity index (χ0n) is 76.2. The molecule has 0 saturated carbocycles. The Kier molecular flexibility index (Phi) is 28.8. The van der Waals surface area contributed by atoms with Crippen molar-refractivity contribution in [3.05, 3.63) is 173 Å². The van der Waals surface area contributed by atoms with E-state index in [0.717, 1.165) is 144 Å². The van der Waals surface area contributed by atoms with Gasteiger partial charge in [0.15, 0.2) is 0 Å². The van der Waals surface area contributed by atoms with Crippen molar-refractivity contribution in [3.63, 3.8) is 0 Å². The van der Waals surface area contributed by atoms with Crippen LogP contribution in [0, 0.1) is 0 Å². The van der Waals surface area contributed by atoms with Gasteiger partial charge in [-0.1, -0.05) is 322 Å². The van der Waals surface area contributed by atoms with Crippen LogP contribution in [-0.2, 0) is 117 Å². The molecule has 0 aromatic heterocycles. The van der Waals surface area contributed by atoms with Crippen LogP contribution in [-0.4, -0.2) is 17.4 Å². The molecule has 16 heteroatoms. The molecule has 0 radical (unpaired) electrons. The minimum Gasteiger partial charge on any atom is -0.736 e. The number of phosphoric ester groups is 3. The van der Waals surface area contributed by atoms with Gasteiger partial charge in [0.1, 0.15) is 34.5 Å². The Morgan fingerprint density at radius 3 is 0.402 bits per heavy atom. The van der Waals surface area contributed by atoms with E-state index in [9.17, 15) is 28.4 Å². The average molecular weight is 1610 g/mol. The Bertz CT molecular complexity index is 3780. The van der Waals surface area contributed by atoms with Crippen LogP contribution in [0.25, 0.3) is 0 Å². The summed E-state index contributed by atoms with van der Waals surface area (Å²) < 4.78 is 76.5. The van der Waals surface area contributed by atoms with Gasteiger partial charge in [-0.25, -0.2) is 13.7 Å². The molecular weight excluding hydrogens is 1460 g/mol. The molecule has 6 aromatic rings. The van der Waals surface area contributed by atoms with Crippen molar-refractivity contribution in [1.82, 2.24) is 0 Å². The van der Waals surface area contributed by atoms with Crippen molar-refractivity contribution < 1.29 is 55.5 Å². The first-order valence-corrected chi connectivity index (χ1v) is 45.3. The van der Waals surface area contributed by atoms with Crippen molar-refractivity contribution in [2.75, 3.05) is 0 Å². The second kappa shape index (κ2) is 33.6. The monoisotopic (exact) mass is 1610 g/mol. The molecule has 0 saturated heterocycles. The molecule has 0 N–H and O–H groups in total. The van der Waals surface area contributed by atoms with Gasteiger partial charge < -0.3 is 41.8 Å². The van der Waals surface area contributed by atoms with Crippen molar-refractivity contribution in [2.45, 2.75) is 391 Å². The van der Waals surface area contributed by atoms with E-state index in [0.29, 0.717) is 34.5 Å². The zero-order valence-corrected chi connectivity index (χ0v) is 80.1. The molecule has 0 unspecified atom stereocenters. The molecule has 0 fully saturated rings. The molecular formula is C96H144AlO12P3. The Labute approximate surface area is 690 Å². The summed E-state index contributed by atoms with van der Waals surface area (Å²) in [5.41, 5.74) is 15.9. The van der Waals surface area contributed by atoms with Gasteiger partial charge in [-0.2, -0.15) is 0 Å². The SMILES string of the molecule is CC(C)(C)c1cc2c(c(C(C)(C)C)c1)OP(=O)([O-])Oc1c(cc(C(C)(C)C)cc1C(C)(C)C)CCCC2.CC(C)(C)c1cc2c(c(C(C)(C)C)c1)OP(=O)([O-])Oc1c(cc(C(C)(C)C)cc1C(C)(C)C)CCCC2.CC(C)(C)c1cc2c(c(C(C)(C)C)c1)OP(=O)([O-])Oc1c(cc(C(C)(C)C)cc1C(C)(C)C)CCCC2.[Al+3]. The van der Waals surface area contributed by atoms with Crippen molar-refractivity contribution >= 4 is 40.8 Å². The quantitative estimate of drug-likeness (QED) is 0.104. The summed E-state index contributed by atoms with van der Waals surface area (Å²) in [6.07, 6.45) is 10.1. The number of benzene rings is 6. The van der Waals surface area contributed by atoms with Gasteiger partial charge in [-0.05, 0) is 209 Å². The van der Waals surface area contributed by atoms with Crippen LogP contribution in [0.2, 0.25) is 0 Å². The van der Waals surface area contributed by atoms with E-state index in [4.69, 9.17) is 27.1 Å². The summed E-state index contributed by atoms with van der Waals surface area (Å²) in [5, 5.41) is 0. The third-order valence-corrected chi connectivity index (χ3v) is 24.1. The van der Waals surface area contributed by atoms with Gasteiger partial charge in [-0.3, -0.25) is 0 Å². The molecule has 9 rings (SSSR count). The van der Waals surface area contributed by atoms with Crippen LogP contribution >= 0.6 is 23.5 Å². The van der Waals surface area contributed by atoms with Crippen molar-refractivity contribution in [3.8, 4) is 34.5 Å². The molecule has 618 valence electrons. The van der Waals surface area contributed by atoms with Gasteiger partial charge >= 0.3 is 40.8 Å². The van der Waals surface area contributed by atoms with E-state index < -0.39 is 23.5 Å². The van der Waals surface area contributed by atoms with Crippen molar-refractivity contribution in [1.29, 1.82) is 0 Å². The smallest absolute Gasteiger partial charge is 0.736 e. The third-order valence-electron chi connectivity index (χ3n) is 21.7. The Morgan fingerprint density at radius 2 is 0.312 bits per heavy atom. The minimum atomic E-state index is -4.74. The van der Waals surface area contributed by atoms with Crippen LogP contribution < -0.4 is 41.8 Å². The molecule has 0 aliphatic carbocycles. The topological polar surface area (TPSA) is 176 Å². The van der Waals surface area contributed by atoms with Gasteiger partial charge in [0.2, 0.25) is 0 Å². The second-order valence-electron chi connectivity index (χ2n) is 44.6. The summed E-state index contributed by atoms with van der Waals surface area (Å²) in [6, 6.07) is 25.5. The normalized spacial score (nSPS) is 17.0. The third kappa shape index (κ3) is 24.9. The number of rotatable bonds is 0. The fourth-order valence-electron chi connectivity index (χ4n) is 14.5. The molecule has 0 bridgehead atoms. The Morgan fingerprint density at radius 1 is 0.205 bits per heavy atom. The maximum absolute atomic E-state index is 13.6. The fourth-order valence-corrected chi connectivity index (χ4v) is 17.2. The standard InChI is InChI=1S/3C32H49O4P.Al/c3*1-29(2,3)23-17-21-15-13-14-16-22-18-24(30(4,5)6)20-26(32(10,11)12)28(22)36-37(33,34)35-27(21)25(19-23)31(7,8)9;/h3*17-20H,13-16H2,1-12H3,(H,33,34);/q;;;+3/p-3. The number of hydrogen-bond donors (Lipinski definition) is 0. The van der Waals surface area contributed by atoms with Crippen LogP contribution in [0.1, 0.15) is 388 Å². The van der Waals surface area contributed by atoms with E-state index >= 15 is 0 Å². The number of aryl methyl sites for hydroxylation is 6. The van der Waals surface area contributed by atoms with Gasteiger partial charge in [-0.15, -0.1) is 0 Å². The molecule has 112 heavy (non-hydrogen) atoms. The predicted molar refractivity (Wildman–Crippen MR) is 465 cm³/mol. The largest absolute Gasteiger partial charge is 3.00 e. The summed E-state index contributed by atoms with van der Waals surface area (Å²) in [4.78, 5) is 40.9. The van der Waals surface area contributed by atoms with E-state index in [1.54, 1.807) is 0 Å². The first kappa shape index (κ1) is 96.1. The Hall–Kier alpha value is -4.78. The van der Waals surface area contributed by atoms with E-state index in [1.807, 2.05) is 0 Å². The van der Waals surface area contributed by atoms with Crippen LogP contribution in [0.15, 0.2) is 72.8 Å². The zero-order chi connectivity index (χ0) is 84.6. The summed E-state index contributed by atoms with van der Waals surface area (Å²) in [7, 11) is -14.2. The summed E-state index contributed by atoms with van der Waals surface area (Å²) >= 11 is 0. The number of fused-ring (bicyclic) bond motifs is 6. The Balaban J connectivity index is 0.000000261. The predicted octanol–water partition coefficient (Wildman–Crippen LogP) is 25.7. The van der Waals surface area contributed by atoms with Gasteiger partial charge in [0.25, 0.3) is 0 Å². The van der Waals surface area contributed by atoms with E-state index in [2.05, 4.69) is 322 Å². The maximum Gasteiger partial charge on any atom is 3.00 e. The molecule has 3 aliphatic heterocycles. The van der Waals surface area contributed by atoms with E-state index in [-0.39, 0.29) is 82.3 Å². The fraction of sp³-hybridized carbons (Fsp3) is 0.625. The number of hydrogen-bond acceptors (Lipinski definition) is 12. The molecule has 0 amide bonds. The van der Waals surface area contributed by atoms with E-state index in [1.165, 1.54) is 33.4 Å². The summed E-state index contributed by atoms with van der Waals surface area (Å²) in [6.45, 7) is 77.1. The molecule has 12 nitrogen and oxygen atoms in total. The average Bonchev–Trinajstić information content (AvgIpc) is 1.24. The van der Waals surface area contributed by atoms with Crippen LogP contribution in [0.4, 0.5) is 0 Å². The summed E-state index contributed by atoms with van der Waals surface area (Å²) in [5.74, 6) is 2.62. The molecule has 6 aromatic carbocycles. The molecule has 0 atom stereocenters. The van der Waals surface area contributed by atoms with Gasteiger partial charge in [0, 0.05) is 33.4 Å². The first-order chi connectivity index (χ1) is 49.8. The molecule has 3 aliphatic rings. The minimum absolute atomic E-state index is 0. The molecule has 0 spiro atoms. The first-order valence-electron chi connectivity index (χ1n) is 41.0.